The van der Waals surface area contributed by atoms with Crippen molar-refractivity contribution in [1.29, 1.82) is 0 Å². The summed E-state index contributed by atoms with van der Waals surface area (Å²) in [6.45, 7) is 6.60. The van der Waals surface area contributed by atoms with Crippen LogP contribution in [0.5, 0.6) is 5.75 Å². The van der Waals surface area contributed by atoms with Crippen molar-refractivity contribution >= 4 is 0 Å². The number of rotatable bonds is 3. The van der Waals surface area contributed by atoms with E-state index in [0.717, 1.165) is 18.7 Å². The molecule has 1 aromatic rings. The molecule has 0 saturated carbocycles. The molecule has 1 fully saturated rings. The van der Waals surface area contributed by atoms with Crippen molar-refractivity contribution in [3.05, 3.63) is 29.8 Å². The Kier molecular flexibility index (Phi) is 4.55. The predicted octanol–water partition coefficient (Wildman–Crippen LogP) is 2.77. The highest BCUT2D eigenvalue weighted by Gasteiger charge is 2.31. The van der Waals surface area contributed by atoms with Crippen LogP contribution in [-0.4, -0.2) is 36.4 Å². The van der Waals surface area contributed by atoms with Gasteiger partial charge >= 0.3 is 6.36 Å². The van der Waals surface area contributed by atoms with Crippen molar-refractivity contribution in [2.75, 3.05) is 13.1 Å². The number of nitrogens with zero attached hydrogens (tertiary/aromatic N) is 1. The molecule has 0 aromatic heterocycles. The molecule has 0 amide bonds. The molecule has 0 aliphatic carbocycles. The maximum absolute atomic E-state index is 12.2. The fourth-order valence-electron chi connectivity index (χ4n) is 2.39. The largest absolute Gasteiger partial charge is 0.573 e. The second kappa shape index (κ2) is 6.01. The van der Waals surface area contributed by atoms with Gasteiger partial charge in [-0.15, -0.1) is 13.2 Å². The van der Waals surface area contributed by atoms with E-state index in [9.17, 15) is 13.2 Å². The van der Waals surface area contributed by atoms with Crippen LogP contribution in [-0.2, 0) is 6.54 Å². The SMILES string of the molecule is CC1CN(Cc2cccc(OC(F)(F)F)c2)C(C)CN1. The summed E-state index contributed by atoms with van der Waals surface area (Å²) in [4.78, 5) is 2.26. The average molecular weight is 288 g/mol. The normalized spacial score (nSPS) is 24.6. The zero-order chi connectivity index (χ0) is 14.8. The zero-order valence-electron chi connectivity index (χ0n) is 11.6. The molecule has 1 saturated heterocycles. The number of alkyl halides is 3. The van der Waals surface area contributed by atoms with Crippen LogP contribution in [0.25, 0.3) is 0 Å². The first-order chi connectivity index (χ1) is 9.33. The molecular weight excluding hydrogens is 269 g/mol. The van der Waals surface area contributed by atoms with Crippen LogP contribution in [0.1, 0.15) is 19.4 Å². The van der Waals surface area contributed by atoms with Crippen LogP contribution >= 0.6 is 0 Å². The lowest BCUT2D eigenvalue weighted by molar-refractivity contribution is -0.274. The van der Waals surface area contributed by atoms with Crippen molar-refractivity contribution in [3.63, 3.8) is 0 Å². The van der Waals surface area contributed by atoms with Crippen molar-refractivity contribution < 1.29 is 17.9 Å². The fraction of sp³-hybridized carbons (Fsp3) is 0.571. The summed E-state index contributed by atoms with van der Waals surface area (Å²) in [5.74, 6) is -0.161. The molecule has 112 valence electrons. The van der Waals surface area contributed by atoms with Gasteiger partial charge in [0.1, 0.15) is 5.75 Å². The van der Waals surface area contributed by atoms with Gasteiger partial charge in [0, 0.05) is 31.7 Å². The molecule has 6 heteroatoms. The van der Waals surface area contributed by atoms with Crippen LogP contribution in [0.15, 0.2) is 24.3 Å². The molecule has 2 unspecified atom stereocenters. The van der Waals surface area contributed by atoms with Crippen LogP contribution in [0.2, 0.25) is 0 Å². The Morgan fingerprint density at radius 3 is 2.80 bits per heavy atom. The monoisotopic (exact) mass is 288 g/mol. The van der Waals surface area contributed by atoms with E-state index in [0.29, 0.717) is 18.6 Å². The van der Waals surface area contributed by atoms with Crippen molar-refractivity contribution in [2.24, 2.45) is 0 Å². The van der Waals surface area contributed by atoms with E-state index >= 15 is 0 Å². The summed E-state index contributed by atoms with van der Waals surface area (Å²) in [5, 5.41) is 3.37. The lowest BCUT2D eigenvalue weighted by Gasteiger charge is -2.37. The van der Waals surface area contributed by atoms with E-state index in [2.05, 4.69) is 28.8 Å². The third-order valence-corrected chi connectivity index (χ3v) is 3.41. The second-order valence-corrected chi connectivity index (χ2v) is 5.28. The van der Waals surface area contributed by atoms with Gasteiger partial charge in [-0.1, -0.05) is 12.1 Å². The molecule has 1 aromatic carbocycles. The quantitative estimate of drug-likeness (QED) is 0.925. The molecule has 0 radical (unpaired) electrons. The third-order valence-electron chi connectivity index (χ3n) is 3.41. The summed E-state index contributed by atoms with van der Waals surface area (Å²) in [6, 6.07) is 6.93. The van der Waals surface area contributed by atoms with Gasteiger partial charge in [0.05, 0.1) is 0 Å². The number of hydrogen-bond acceptors (Lipinski definition) is 3. The zero-order valence-corrected chi connectivity index (χ0v) is 11.6. The summed E-state index contributed by atoms with van der Waals surface area (Å²) < 4.78 is 40.6. The van der Waals surface area contributed by atoms with E-state index in [1.54, 1.807) is 6.07 Å². The summed E-state index contributed by atoms with van der Waals surface area (Å²) in [5.41, 5.74) is 0.827. The summed E-state index contributed by atoms with van der Waals surface area (Å²) in [6.07, 6.45) is -4.64. The molecule has 2 atom stereocenters. The fourth-order valence-corrected chi connectivity index (χ4v) is 2.39. The highest BCUT2D eigenvalue weighted by molar-refractivity contribution is 5.28. The first kappa shape index (κ1) is 15.1. The Labute approximate surface area is 116 Å². The van der Waals surface area contributed by atoms with Gasteiger partial charge in [0.15, 0.2) is 0 Å². The number of hydrogen-bond donors (Lipinski definition) is 1. The van der Waals surface area contributed by atoms with Crippen LogP contribution in [0, 0.1) is 0 Å². The van der Waals surface area contributed by atoms with Crippen molar-refractivity contribution in [2.45, 2.75) is 38.8 Å². The van der Waals surface area contributed by atoms with Gasteiger partial charge in [0.25, 0.3) is 0 Å². The van der Waals surface area contributed by atoms with Gasteiger partial charge < -0.3 is 10.1 Å². The lowest BCUT2D eigenvalue weighted by Crippen LogP contribution is -2.53. The van der Waals surface area contributed by atoms with Gasteiger partial charge in [-0.25, -0.2) is 0 Å². The molecule has 1 heterocycles. The number of ether oxygens (including phenoxy) is 1. The first-order valence-corrected chi connectivity index (χ1v) is 6.65. The molecule has 1 aliphatic rings. The minimum Gasteiger partial charge on any atom is -0.406 e. The Morgan fingerprint density at radius 1 is 1.35 bits per heavy atom. The smallest absolute Gasteiger partial charge is 0.406 e. The molecule has 1 aliphatic heterocycles. The van der Waals surface area contributed by atoms with Crippen LogP contribution < -0.4 is 10.1 Å². The van der Waals surface area contributed by atoms with Gasteiger partial charge in [-0.3, -0.25) is 4.90 Å². The Bertz CT molecular complexity index is 450. The molecule has 20 heavy (non-hydrogen) atoms. The minimum atomic E-state index is -4.64. The molecule has 3 nitrogen and oxygen atoms in total. The molecule has 0 bridgehead atoms. The van der Waals surface area contributed by atoms with E-state index in [4.69, 9.17) is 0 Å². The van der Waals surface area contributed by atoms with Crippen molar-refractivity contribution in [1.82, 2.24) is 10.2 Å². The Balaban J connectivity index is 2.03. The summed E-state index contributed by atoms with van der Waals surface area (Å²) in [7, 11) is 0. The van der Waals surface area contributed by atoms with E-state index in [1.165, 1.54) is 12.1 Å². The van der Waals surface area contributed by atoms with Crippen LogP contribution in [0.4, 0.5) is 13.2 Å². The standard InChI is InChI=1S/C14H19F3N2O/c1-10-8-19(11(2)7-18-10)9-12-4-3-5-13(6-12)20-14(15,16)17/h3-6,10-11,18H,7-9H2,1-2H3. The average Bonchev–Trinajstić information content (AvgIpc) is 2.32. The van der Waals surface area contributed by atoms with Gasteiger partial charge in [-0.05, 0) is 31.5 Å². The highest BCUT2D eigenvalue weighted by Crippen LogP contribution is 2.24. The van der Waals surface area contributed by atoms with Crippen molar-refractivity contribution in [3.8, 4) is 5.75 Å². The topological polar surface area (TPSA) is 24.5 Å². The number of halogens is 3. The van der Waals surface area contributed by atoms with E-state index in [-0.39, 0.29) is 5.75 Å². The molecular formula is C14H19F3N2O. The number of nitrogens with one attached hydrogen (secondary N) is 1. The number of piperazine rings is 1. The van der Waals surface area contributed by atoms with Gasteiger partial charge in [-0.2, -0.15) is 0 Å². The Hall–Kier alpha value is -1.27. The molecule has 2 rings (SSSR count). The Morgan fingerprint density at radius 2 is 2.10 bits per heavy atom. The first-order valence-electron chi connectivity index (χ1n) is 6.65. The lowest BCUT2D eigenvalue weighted by atomic mass is 10.1. The predicted molar refractivity (Wildman–Crippen MR) is 70.5 cm³/mol. The molecule has 1 N–H and O–H groups in total. The van der Waals surface area contributed by atoms with Gasteiger partial charge in [0.2, 0.25) is 0 Å². The maximum Gasteiger partial charge on any atom is 0.573 e. The number of benzene rings is 1. The third kappa shape index (κ3) is 4.38. The molecule has 0 spiro atoms. The van der Waals surface area contributed by atoms with E-state index < -0.39 is 6.36 Å². The minimum absolute atomic E-state index is 0.161. The summed E-state index contributed by atoms with van der Waals surface area (Å²) >= 11 is 0. The van der Waals surface area contributed by atoms with Crippen LogP contribution in [0.3, 0.4) is 0 Å². The second-order valence-electron chi connectivity index (χ2n) is 5.28. The highest BCUT2D eigenvalue weighted by atomic mass is 19.4. The van der Waals surface area contributed by atoms with E-state index in [1.807, 2.05) is 6.07 Å². The maximum atomic E-state index is 12.2.